The topological polar surface area (TPSA) is 36.8 Å². The van der Waals surface area contributed by atoms with Crippen LogP contribution in [0.5, 0.6) is 0 Å². The van der Waals surface area contributed by atoms with Crippen LogP contribution >= 0.6 is 11.6 Å². The molecular formula is C19H22ClFN3O+. The van der Waals surface area contributed by atoms with Crippen molar-refractivity contribution in [2.75, 3.05) is 43.4 Å². The maximum Gasteiger partial charge on any atom is 0.228 e. The first-order valence-electron chi connectivity index (χ1n) is 8.42. The molecule has 0 aromatic heterocycles. The molecule has 0 saturated carbocycles. The number of carbonyl (C=O) groups is 1. The average Bonchev–Trinajstić information content (AvgIpc) is 2.58. The van der Waals surface area contributed by atoms with Crippen molar-refractivity contribution in [2.24, 2.45) is 0 Å². The third kappa shape index (κ3) is 4.50. The second-order valence-electron chi connectivity index (χ2n) is 6.42. The Labute approximate surface area is 152 Å². The molecule has 132 valence electrons. The number of hydrogen-bond acceptors (Lipinski definition) is 2. The lowest BCUT2D eigenvalue weighted by molar-refractivity contribution is -0.880. The highest BCUT2D eigenvalue weighted by Crippen LogP contribution is 2.29. The van der Waals surface area contributed by atoms with E-state index in [4.69, 9.17) is 11.6 Å². The Bertz CT molecular complexity index is 760. The predicted molar refractivity (Wildman–Crippen MR) is 99.0 cm³/mol. The molecule has 0 unspecified atom stereocenters. The van der Waals surface area contributed by atoms with Crippen molar-refractivity contribution < 1.29 is 14.1 Å². The van der Waals surface area contributed by atoms with Gasteiger partial charge in [-0.05, 0) is 29.8 Å². The van der Waals surface area contributed by atoms with E-state index in [1.165, 1.54) is 11.0 Å². The Hall–Kier alpha value is -2.11. The first-order valence-corrected chi connectivity index (χ1v) is 8.80. The molecule has 1 amide bonds. The van der Waals surface area contributed by atoms with Gasteiger partial charge >= 0.3 is 0 Å². The molecule has 6 heteroatoms. The summed E-state index contributed by atoms with van der Waals surface area (Å²) in [6.45, 7) is 3.93. The SMILES string of the molecule is C[NH+]1CCN(c2ccc(Cl)cc2NC(=O)Cc2ccccc2F)CC1. The summed E-state index contributed by atoms with van der Waals surface area (Å²) < 4.78 is 13.7. The Morgan fingerprint density at radius 3 is 2.68 bits per heavy atom. The number of amides is 1. The summed E-state index contributed by atoms with van der Waals surface area (Å²) in [7, 11) is 2.18. The van der Waals surface area contributed by atoms with Crippen molar-refractivity contribution in [3.8, 4) is 0 Å². The van der Waals surface area contributed by atoms with Crippen molar-refractivity contribution >= 4 is 28.9 Å². The minimum absolute atomic E-state index is 0.00842. The summed E-state index contributed by atoms with van der Waals surface area (Å²) >= 11 is 6.11. The van der Waals surface area contributed by atoms with Crippen molar-refractivity contribution in [2.45, 2.75) is 6.42 Å². The van der Waals surface area contributed by atoms with Crippen LogP contribution in [-0.4, -0.2) is 39.1 Å². The zero-order valence-electron chi connectivity index (χ0n) is 14.2. The van der Waals surface area contributed by atoms with Crippen LogP contribution in [0.2, 0.25) is 5.02 Å². The lowest BCUT2D eigenvalue weighted by Crippen LogP contribution is -3.12. The van der Waals surface area contributed by atoms with Gasteiger partial charge < -0.3 is 15.1 Å². The number of nitrogens with one attached hydrogen (secondary N) is 2. The van der Waals surface area contributed by atoms with Gasteiger partial charge in [0.15, 0.2) is 0 Å². The summed E-state index contributed by atoms with van der Waals surface area (Å²) in [6.07, 6.45) is -0.00842. The number of hydrogen-bond donors (Lipinski definition) is 2. The lowest BCUT2D eigenvalue weighted by Gasteiger charge is -2.33. The van der Waals surface area contributed by atoms with Crippen LogP contribution in [0.15, 0.2) is 42.5 Å². The van der Waals surface area contributed by atoms with Crippen molar-refractivity contribution in [3.63, 3.8) is 0 Å². The molecule has 1 saturated heterocycles. The first-order chi connectivity index (χ1) is 12.0. The van der Waals surface area contributed by atoms with E-state index in [9.17, 15) is 9.18 Å². The Morgan fingerprint density at radius 2 is 1.96 bits per heavy atom. The molecule has 0 radical (unpaired) electrons. The molecule has 1 heterocycles. The van der Waals surface area contributed by atoms with E-state index in [0.717, 1.165) is 31.9 Å². The van der Waals surface area contributed by atoms with Crippen LogP contribution in [0.25, 0.3) is 0 Å². The number of likely N-dealkylation sites (N-methyl/N-ethyl adjacent to an activating group) is 1. The summed E-state index contributed by atoms with van der Waals surface area (Å²) in [6, 6.07) is 11.8. The number of quaternary nitrogens is 1. The molecular weight excluding hydrogens is 341 g/mol. The number of piperazine rings is 1. The number of benzene rings is 2. The summed E-state index contributed by atoms with van der Waals surface area (Å²) in [4.78, 5) is 16.1. The smallest absolute Gasteiger partial charge is 0.228 e. The number of rotatable bonds is 4. The van der Waals surface area contributed by atoms with E-state index in [0.29, 0.717) is 16.3 Å². The van der Waals surface area contributed by atoms with Gasteiger partial charge in [0.1, 0.15) is 5.82 Å². The highest BCUT2D eigenvalue weighted by Gasteiger charge is 2.20. The van der Waals surface area contributed by atoms with E-state index in [1.807, 2.05) is 12.1 Å². The molecule has 25 heavy (non-hydrogen) atoms. The van der Waals surface area contributed by atoms with Crippen LogP contribution in [0.1, 0.15) is 5.56 Å². The number of halogens is 2. The maximum absolute atomic E-state index is 13.7. The molecule has 2 aromatic carbocycles. The Morgan fingerprint density at radius 1 is 1.24 bits per heavy atom. The zero-order valence-corrected chi connectivity index (χ0v) is 14.9. The second-order valence-corrected chi connectivity index (χ2v) is 6.86. The summed E-state index contributed by atoms with van der Waals surface area (Å²) in [5.41, 5.74) is 2.01. The van der Waals surface area contributed by atoms with E-state index < -0.39 is 0 Å². The molecule has 0 spiro atoms. The normalized spacial score (nSPS) is 15.2. The largest absolute Gasteiger partial charge is 0.359 e. The van der Waals surface area contributed by atoms with Gasteiger partial charge in [-0.25, -0.2) is 4.39 Å². The monoisotopic (exact) mass is 362 g/mol. The molecule has 2 N–H and O–H groups in total. The number of carbonyl (C=O) groups excluding carboxylic acids is 1. The first kappa shape index (κ1) is 17.7. The molecule has 1 fully saturated rings. The van der Waals surface area contributed by atoms with Crippen LogP contribution in [0.4, 0.5) is 15.8 Å². The second kappa shape index (κ2) is 7.85. The average molecular weight is 363 g/mol. The van der Waals surface area contributed by atoms with Gasteiger partial charge in [-0.15, -0.1) is 0 Å². The molecule has 4 nitrogen and oxygen atoms in total. The van der Waals surface area contributed by atoms with Gasteiger partial charge in [-0.2, -0.15) is 0 Å². The third-order valence-electron chi connectivity index (χ3n) is 4.50. The van der Waals surface area contributed by atoms with E-state index >= 15 is 0 Å². The molecule has 0 bridgehead atoms. The quantitative estimate of drug-likeness (QED) is 0.872. The number of anilines is 2. The zero-order chi connectivity index (χ0) is 17.8. The minimum atomic E-state index is -0.369. The van der Waals surface area contributed by atoms with Crippen LogP contribution < -0.4 is 15.1 Å². The van der Waals surface area contributed by atoms with Crippen molar-refractivity contribution in [1.29, 1.82) is 0 Å². The van der Waals surface area contributed by atoms with Gasteiger partial charge in [-0.1, -0.05) is 29.8 Å². The molecule has 3 rings (SSSR count). The van der Waals surface area contributed by atoms with Gasteiger partial charge in [0.2, 0.25) is 5.91 Å². The highest BCUT2D eigenvalue weighted by atomic mass is 35.5. The lowest BCUT2D eigenvalue weighted by atomic mass is 10.1. The summed E-state index contributed by atoms with van der Waals surface area (Å²) in [5, 5.41) is 3.46. The van der Waals surface area contributed by atoms with E-state index in [-0.39, 0.29) is 18.1 Å². The maximum atomic E-state index is 13.7. The highest BCUT2D eigenvalue weighted by molar-refractivity contribution is 6.31. The fourth-order valence-electron chi connectivity index (χ4n) is 3.02. The van der Waals surface area contributed by atoms with Gasteiger partial charge in [0, 0.05) is 5.02 Å². The van der Waals surface area contributed by atoms with Crippen LogP contribution in [-0.2, 0) is 11.2 Å². The fraction of sp³-hybridized carbons (Fsp3) is 0.316. The van der Waals surface area contributed by atoms with E-state index in [2.05, 4.69) is 17.3 Å². The van der Waals surface area contributed by atoms with Crippen LogP contribution in [0, 0.1) is 5.82 Å². The minimum Gasteiger partial charge on any atom is -0.359 e. The third-order valence-corrected chi connectivity index (χ3v) is 4.73. The molecule has 0 atom stereocenters. The summed E-state index contributed by atoms with van der Waals surface area (Å²) in [5.74, 6) is -0.626. The Balaban J connectivity index is 1.76. The van der Waals surface area contributed by atoms with Gasteiger partial charge in [0.25, 0.3) is 0 Å². The molecule has 2 aromatic rings. The standard InChI is InChI=1S/C19H21ClFN3O/c1-23-8-10-24(11-9-23)18-7-6-15(20)13-17(18)22-19(25)12-14-4-2-3-5-16(14)21/h2-7,13H,8-12H2,1H3,(H,22,25)/p+1. The van der Waals surface area contributed by atoms with E-state index in [1.54, 1.807) is 24.3 Å². The van der Waals surface area contributed by atoms with Crippen molar-refractivity contribution in [1.82, 2.24) is 0 Å². The van der Waals surface area contributed by atoms with Crippen LogP contribution in [0.3, 0.4) is 0 Å². The number of nitrogens with zero attached hydrogens (tertiary/aromatic N) is 1. The fourth-order valence-corrected chi connectivity index (χ4v) is 3.19. The van der Waals surface area contributed by atoms with Gasteiger partial charge in [0.05, 0.1) is 51.0 Å². The molecule has 0 aliphatic carbocycles. The molecule has 1 aliphatic rings. The van der Waals surface area contributed by atoms with Gasteiger partial charge in [-0.3, -0.25) is 4.79 Å². The Kier molecular flexibility index (Phi) is 5.56. The molecule has 1 aliphatic heterocycles. The van der Waals surface area contributed by atoms with Crippen molar-refractivity contribution in [3.05, 3.63) is 58.9 Å². The predicted octanol–water partition coefficient (Wildman–Crippen LogP) is 1.99.